The molecule has 0 amide bonds. The van der Waals surface area contributed by atoms with Gasteiger partial charge in [0.25, 0.3) is 0 Å². The van der Waals surface area contributed by atoms with E-state index < -0.39 is 0 Å². The fraction of sp³-hybridized carbons (Fsp3) is 0.0952. The molecule has 0 aliphatic carbocycles. The van der Waals surface area contributed by atoms with Crippen LogP contribution in [-0.2, 0) is 0 Å². The van der Waals surface area contributed by atoms with Gasteiger partial charge in [0.05, 0.1) is 17.3 Å². The molecule has 2 aromatic heterocycles. The molecule has 4 aromatic rings. The van der Waals surface area contributed by atoms with Gasteiger partial charge < -0.3 is 10.6 Å². The summed E-state index contributed by atoms with van der Waals surface area (Å²) < 4.78 is 1.82. The summed E-state index contributed by atoms with van der Waals surface area (Å²) >= 11 is 0. The third kappa shape index (κ3) is 3.50. The van der Waals surface area contributed by atoms with Crippen molar-refractivity contribution in [2.75, 3.05) is 17.2 Å². The molecule has 0 saturated carbocycles. The van der Waals surface area contributed by atoms with Crippen molar-refractivity contribution in [3.63, 3.8) is 0 Å². The summed E-state index contributed by atoms with van der Waals surface area (Å²) in [5.41, 5.74) is 3.83. The number of fused-ring (bicyclic) bond motifs is 1. The second-order valence-electron chi connectivity index (χ2n) is 6.19. The lowest BCUT2D eigenvalue weighted by atomic mass is 10.2. The predicted molar refractivity (Wildman–Crippen MR) is 110 cm³/mol. The van der Waals surface area contributed by atoms with E-state index >= 15 is 0 Å². The van der Waals surface area contributed by atoms with Crippen LogP contribution in [0.15, 0.2) is 73.4 Å². The zero-order valence-corrected chi connectivity index (χ0v) is 15.1. The van der Waals surface area contributed by atoms with Gasteiger partial charge in [-0.3, -0.25) is 0 Å². The third-order valence-corrected chi connectivity index (χ3v) is 4.11. The second-order valence-corrected chi connectivity index (χ2v) is 6.19. The minimum Gasteiger partial charge on any atom is -0.351 e. The van der Waals surface area contributed by atoms with Crippen LogP contribution in [0.1, 0.15) is 5.56 Å². The third-order valence-electron chi connectivity index (χ3n) is 4.11. The van der Waals surface area contributed by atoms with E-state index in [9.17, 15) is 0 Å². The number of aryl methyl sites for hydroxylation is 1. The fourth-order valence-corrected chi connectivity index (χ4v) is 2.86. The molecule has 0 aliphatic rings. The Kier molecular flexibility index (Phi) is 4.53. The van der Waals surface area contributed by atoms with Crippen molar-refractivity contribution in [2.45, 2.75) is 6.92 Å². The Balaban J connectivity index is 1.84. The standard InChI is InChI=1S/C21H20N6/c1-3-12-22-21-25-19(24-16-9-7-8-15(2)13-16)18-14-23-27(20(18)26-21)17-10-5-4-6-11-17/h3-11,13-14H,1,12H2,2H3,(H2,22,24,25,26). The van der Waals surface area contributed by atoms with Gasteiger partial charge >= 0.3 is 0 Å². The number of rotatable bonds is 6. The predicted octanol–water partition coefficient (Wildman–Crippen LogP) is 4.47. The molecule has 0 radical (unpaired) electrons. The van der Waals surface area contributed by atoms with E-state index in [0.717, 1.165) is 22.4 Å². The molecule has 27 heavy (non-hydrogen) atoms. The van der Waals surface area contributed by atoms with Crippen molar-refractivity contribution in [1.82, 2.24) is 19.7 Å². The molecule has 0 aliphatic heterocycles. The largest absolute Gasteiger partial charge is 0.351 e. The number of hydrogen-bond donors (Lipinski definition) is 2. The number of para-hydroxylation sites is 1. The van der Waals surface area contributed by atoms with Crippen molar-refractivity contribution in [2.24, 2.45) is 0 Å². The van der Waals surface area contributed by atoms with Crippen LogP contribution in [0.3, 0.4) is 0 Å². The van der Waals surface area contributed by atoms with Crippen molar-refractivity contribution < 1.29 is 0 Å². The lowest BCUT2D eigenvalue weighted by Crippen LogP contribution is -2.07. The number of aromatic nitrogens is 4. The molecule has 0 saturated heterocycles. The van der Waals surface area contributed by atoms with Gasteiger partial charge in [0, 0.05) is 12.2 Å². The van der Waals surface area contributed by atoms with E-state index in [1.807, 2.05) is 47.1 Å². The Bertz CT molecular complexity index is 1080. The molecular formula is C21H20N6. The molecule has 0 atom stereocenters. The highest BCUT2D eigenvalue weighted by atomic mass is 15.3. The van der Waals surface area contributed by atoms with Gasteiger partial charge in [0.2, 0.25) is 5.95 Å². The van der Waals surface area contributed by atoms with Crippen LogP contribution in [0, 0.1) is 6.92 Å². The molecule has 6 nitrogen and oxygen atoms in total. The number of nitrogens with one attached hydrogen (secondary N) is 2. The van der Waals surface area contributed by atoms with Crippen molar-refractivity contribution in [3.8, 4) is 5.69 Å². The van der Waals surface area contributed by atoms with Crippen LogP contribution in [-0.4, -0.2) is 26.3 Å². The van der Waals surface area contributed by atoms with Crippen LogP contribution >= 0.6 is 0 Å². The van der Waals surface area contributed by atoms with Gasteiger partial charge in [-0.15, -0.1) is 6.58 Å². The average Bonchev–Trinajstić information content (AvgIpc) is 3.11. The van der Waals surface area contributed by atoms with Crippen LogP contribution in [0.25, 0.3) is 16.7 Å². The Morgan fingerprint density at radius 1 is 1.07 bits per heavy atom. The zero-order valence-electron chi connectivity index (χ0n) is 15.1. The minimum absolute atomic E-state index is 0.523. The van der Waals surface area contributed by atoms with E-state index in [1.165, 1.54) is 5.56 Å². The van der Waals surface area contributed by atoms with E-state index in [4.69, 9.17) is 0 Å². The monoisotopic (exact) mass is 356 g/mol. The molecule has 2 aromatic carbocycles. The molecule has 0 unspecified atom stereocenters. The summed E-state index contributed by atoms with van der Waals surface area (Å²) in [6.45, 7) is 6.38. The van der Waals surface area contributed by atoms with Gasteiger partial charge in [-0.25, -0.2) is 4.68 Å². The van der Waals surface area contributed by atoms with Crippen LogP contribution in [0.5, 0.6) is 0 Å². The highest BCUT2D eigenvalue weighted by Gasteiger charge is 2.14. The summed E-state index contributed by atoms with van der Waals surface area (Å²) in [4.78, 5) is 9.30. The molecule has 134 valence electrons. The maximum atomic E-state index is 4.66. The normalized spacial score (nSPS) is 10.7. The first-order valence-electron chi connectivity index (χ1n) is 8.74. The van der Waals surface area contributed by atoms with Gasteiger partial charge in [-0.1, -0.05) is 36.4 Å². The molecule has 2 heterocycles. The van der Waals surface area contributed by atoms with Crippen LogP contribution in [0.4, 0.5) is 17.5 Å². The molecule has 6 heteroatoms. The van der Waals surface area contributed by atoms with Crippen molar-refractivity contribution in [3.05, 3.63) is 79.0 Å². The van der Waals surface area contributed by atoms with E-state index in [1.54, 1.807) is 12.3 Å². The smallest absolute Gasteiger partial charge is 0.226 e. The summed E-state index contributed by atoms with van der Waals surface area (Å²) in [7, 11) is 0. The van der Waals surface area contributed by atoms with E-state index in [2.05, 4.69) is 51.3 Å². The summed E-state index contributed by atoms with van der Waals surface area (Å²) in [5.74, 6) is 1.23. The maximum absolute atomic E-state index is 4.66. The average molecular weight is 356 g/mol. The summed E-state index contributed by atoms with van der Waals surface area (Å²) in [6.07, 6.45) is 3.56. The van der Waals surface area contributed by atoms with E-state index in [0.29, 0.717) is 18.3 Å². The molecular weight excluding hydrogens is 336 g/mol. The maximum Gasteiger partial charge on any atom is 0.226 e. The fourth-order valence-electron chi connectivity index (χ4n) is 2.86. The van der Waals surface area contributed by atoms with Crippen LogP contribution < -0.4 is 10.6 Å². The minimum atomic E-state index is 0.523. The Morgan fingerprint density at radius 3 is 2.70 bits per heavy atom. The molecule has 0 bridgehead atoms. The number of hydrogen-bond acceptors (Lipinski definition) is 5. The molecule has 4 rings (SSSR count). The van der Waals surface area contributed by atoms with E-state index in [-0.39, 0.29) is 0 Å². The number of anilines is 3. The van der Waals surface area contributed by atoms with Gasteiger partial charge in [-0.2, -0.15) is 15.1 Å². The van der Waals surface area contributed by atoms with Gasteiger partial charge in [0.1, 0.15) is 5.82 Å². The molecule has 0 fully saturated rings. The first-order chi connectivity index (χ1) is 13.2. The Morgan fingerprint density at radius 2 is 1.93 bits per heavy atom. The molecule has 2 N–H and O–H groups in total. The number of benzene rings is 2. The molecule has 0 spiro atoms. The summed E-state index contributed by atoms with van der Waals surface area (Å²) in [6, 6.07) is 18.1. The first-order valence-corrected chi connectivity index (χ1v) is 8.74. The van der Waals surface area contributed by atoms with Crippen molar-refractivity contribution in [1.29, 1.82) is 0 Å². The topological polar surface area (TPSA) is 67.7 Å². The lowest BCUT2D eigenvalue weighted by molar-refractivity contribution is 0.895. The zero-order chi connectivity index (χ0) is 18.6. The highest BCUT2D eigenvalue weighted by molar-refractivity contribution is 5.90. The van der Waals surface area contributed by atoms with Gasteiger partial charge in [0.15, 0.2) is 5.65 Å². The van der Waals surface area contributed by atoms with Crippen molar-refractivity contribution >= 4 is 28.5 Å². The van der Waals surface area contributed by atoms with Gasteiger partial charge in [-0.05, 0) is 36.8 Å². The SMILES string of the molecule is C=CCNc1nc(Nc2cccc(C)c2)c2cnn(-c3ccccc3)c2n1. The second kappa shape index (κ2) is 7.29. The Hall–Kier alpha value is -3.67. The lowest BCUT2D eigenvalue weighted by Gasteiger charge is -2.11. The highest BCUT2D eigenvalue weighted by Crippen LogP contribution is 2.27. The summed E-state index contributed by atoms with van der Waals surface area (Å²) in [5, 5.41) is 12.0. The first kappa shape index (κ1) is 16.8. The Labute approximate surface area is 157 Å². The van der Waals surface area contributed by atoms with Crippen LogP contribution in [0.2, 0.25) is 0 Å². The quantitative estimate of drug-likeness (QED) is 0.499. The number of nitrogens with zero attached hydrogens (tertiary/aromatic N) is 4.